The summed E-state index contributed by atoms with van der Waals surface area (Å²) in [5.41, 5.74) is 0.962. The third kappa shape index (κ3) is 6.71. The molecule has 0 amide bonds. The maximum atomic E-state index is 11.5. The van der Waals surface area contributed by atoms with Crippen molar-refractivity contribution in [2.24, 2.45) is 0 Å². The van der Waals surface area contributed by atoms with E-state index in [0.717, 1.165) is 31.4 Å². The van der Waals surface area contributed by atoms with Gasteiger partial charge in [-0.15, -0.1) is 0 Å². The van der Waals surface area contributed by atoms with Crippen LogP contribution >= 0.6 is 0 Å². The maximum absolute atomic E-state index is 11.5. The quantitative estimate of drug-likeness (QED) is 0.544. The van der Waals surface area contributed by atoms with Crippen LogP contribution in [-0.2, 0) is 30.3 Å². The molecule has 1 aliphatic rings. The van der Waals surface area contributed by atoms with Gasteiger partial charge < -0.3 is 18.9 Å². The summed E-state index contributed by atoms with van der Waals surface area (Å²) in [6, 6.07) is 9.55. The largest absolute Gasteiger partial charge is 0.459 e. The van der Waals surface area contributed by atoms with Crippen molar-refractivity contribution < 1.29 is 23.7 Å². The average Bonchev–Trinajstić information content (AvgIpc) is 2.54. The Morgan fingerprint density at radius 1 is 1.19 bits per heavy atom. The first-order valence-corrected chi connectivity index (χ1v) is 7.35. The molecule has 0 N–H and O–H groups in total. The first kappa shape index (κ1) is 15.9. The van der Waals surface area contributed by atoms with Gasteiger partial charge in [-0.25, -0.2) is 4.79 Å². The van der Waals surface area contributed by atoms with Gasteiger partial charge in [0.15, 0.2) is 6.29 Å². The molecule has 0 aromatic heterocycles. The zero-order valence-corrected chi connectivity index (χ0v) is 12.2. The number of benzene rings is 1. The van der Waals surface area contributed by atoms with Gasteiger partial charge in [0.2, 0.25) is 0 Å². The van der Waals surface area contributed by atoms with Gasteiger partial charge in [0, 0.05) is 6.61 Å². The van der Waals surface area contributed by atoms with Gasteiger partial charge in [-0.2, -0.15) is 0 Å². The minimum Gasteiger partial charge on any atom is -0.459 e. The number of hydrogen-bond acceptors (Lipinski definition) is 5. The molecule has 1 atom stereocenters. The SMILES string of the molecule is O=C(COCCOC1CCCCO1)OCc1ccccc1. The van der Waals surface area contributed by atoms with Gasteiger partial charge in [-0.3, -0.25) is 0 Å². The number of carbonyl (C=O) groups excluding carboxylic acids is 1. The highest BCUT2D eigenvalue weighted by Gasteiger charge is 2.13. The molecule has 1 unspecified atom stereocenters. The van der Waals surface area contributed by atoms with Crippen LogP contribution in [0.3, 0.4) is 0 Å². The fraction of sp³-hybridized carbons (Fsp3) is 0.562. The molecule has 0 spiro atoms. The molecule has 0 radical (unpaired) electrons. The molecule has 21 heavy (non-hydrogen) atoms. The van der Waals surface area contributed by atoms with E-state index in [1.54, 1.807) is 0 Å². The molecule has 0 bridgehead atoms. The van der Waals surface area contributed by atoms with Crippen molar-refractivity contribution in [3.8, 4) is 0 Å². The van der Waals surface area contributed by atoms with Crippen molar-refractivity contribution in [2.45, 2.75) is 32.2 Å². The Bertz CT molecular complexity index is 400. The van der Waals surface area contributed by atoms with Crippen LogP contribution in [-0.4, -0.2) is 38.7 Å². The van der Waals surface area contributed by atoms with Crippen LogP contribution in [0.25, 0.3) is 0 Å². The Morgan fingerprint density at radius 2 is 2.05 bits per heavy atom. The summed E-state index contributed by atoms with van der Waals surface area (Å²) in [5.74, 6) is -0.368. The second kappa shape index (κ2) is 9.50. The van der Waals surface area contributed by atoms with Gasteiger partial charge in [0.05, 0.1) is 13.2 Å². The summed E-state index contributed by atoms with van der Waals surface area (Å²) in [5, 5.41) is 0. The molecule has 0 aliphatic carbocycles. The Hall–Kier alpha value is -1.43. The van der Waals surface area contributed by atoms with Crippen LogP contribution in [0.2, 0.25) is 0 Å². The molecule has 1 fully saturated rings. The van der Waals surface area contributed by atoms with Gasteiger partial charge in [0.1, 0.15) is 13.2 Å². The number of ether oxygens (including phenoxy) is 4. The zero-order valence-electron chi connectivity index (χ0n) is 12.2. The van der Waals surface area contributed by atoms with Crippen LogP contribution in [0.5, 0.6) is 0 Å². The van der Waals surface area contributed by atoms with Crippen molar-refractivity contribution in [1.82, 2.24) is 0 Å². The first-order valence-electron chi connectivity index (χ1n) is 7.35. The molecule has 5 heteroatoms. The van der Waals surface area contributed by atoms with Crippen LogP contribution in [0.15, 0.2) is 30.3 Å². The minimum atomic E-state index is -0.368. The molecule has 1 heterocycles. The van der Waals surface area contributed by atoms with E-state index in [1.165, 1.54) is 0 Å². The number of rotatable bonds is 8. The van der Waals surface area contributed by atoms with Crippen LogP contribution in [0.1, 0.15) is 24.8 Å². The normalized spacial score (nSPS) is 18.4. The zero-order chi connectivity index (χ0) is 14.8. The molecular formula is C16H22O5. The Balaban J connectivity index is 1.47. The van der Waals surface area contributed by atoms with Crippen molar-refractivity contribution in [3.63, 3.8) is 0 Å². The van der Waals surface area contributed by atoms with Crippen LogP contribution in [0.4, 0.5) is 0 Å². The van der Waals surface area contributed by atoms with Gasteiger partial charge in [-0.05, 0) is 24.8 Å². The molecule has 1 saturated heterocycles. The Morgan fingerprint density at radius 3 is 2.81 bits per heavy atom. The van der Waals surface area contributed by atoms with E-state index >= 15 is 0 Å². The van der Waals surface area contributed by atoms with Crippen molar-refractivity contribution >= 4 is 5.97 Å². The fourth-order valence-corrected chi connectivity index (χ4v) is 2.02. The molecule has 5 nitrogen and oxygen atoms in total. The Labute approximate surface area is 125 Å². The summed E-state index contributed by atoms with van der Waals surface area (Å²) >= 11 is 0. The fourth-order valence-electron chi connectivity index (χ4n) is 2.02. The predicted octanol–water partition coefficient (Wildman–Crippen LogP) is 2.29. The van der Waals surface area contributed by atoms with E-state index in [0.29, 0.717) is 13.2 Å². The van der Waals surface area contributed by atoms with E-state index < -0.39 is 0 Å². The molecule has 0 saturated carbocycles. The van der Waals surface area contributed by atoms with E-state index in [-0.39, 0.29) is 25.5 Å². The highest BCUT2D eigenvalue weighted by atomic mass is 16.7. The molecular weight excluding hydrogens is 272 g/mol. The lowest BCUT2D eigenvalue weighted by Crippen LogP contribution is -2.24. The van der Waals surface area contributed by atoms with E-state index in [9.17, 15) is 4.79 Å². The highest BCUT2D eigenvalue weighted by molar-refractivity contribution is 5.70. The first-order chi connectivity index (χ1) is 10.3. The summed E-state index contributed by atoms with van der Waals surface area (Å²) in [6.45, 7) is 1.77. The van der Waals surface area contributed by atoms with E-state index in [1.807, 2.05) is 30.3 Å². The lowest BCUT2D eigenvalue weighted by Gasteiger charge is -2.22. The van der Waals surface area contributed by atoms with Crippen LogP contribution in [0, 0.1) is 0 Å². The van der Waals surface area contributed by atoms with Gasteiger partial charge in [-0.1, -0.05) is 30.3 Å². The molecule has 116 valence electrons. The minimum absolute atomic E-state index is 0.0539. The van der Waals surface area contributed by atoms with E-state index in [4.69, 9.17) is 18.9 Å². The third-order valence-corrected chi connectivity index (χ3v) is 3.13. The molecule has 1 aromatic carbocycles. The Kier molecular flexibility index (Phi) is 7.21. The van der Waals surface area contributed by atoms with Gasteiger partial charge in [0.25, 0.3) is 0 Å². The van der Waals surface area contributed by atoms with Crippen LogP contribution < -0.4 is 0 Å². The second-order valence-electron chi connectivity index (χ2n) is 4.87. The lowest BCUT2D eigenvalue weighted by atomic mass is 10.2. The lowest BCUT2D eigenvalue weighted by molar-refractivity contribution is -0.171. The standard InChI is InChI=1S/C16H22O5/c17-15(21-12-14-6-2-1-3-7-14)13-18-10-11-20-16-8-4-5-9-19-16/h1-3,6-7,16H,4-5,8-13H2. The predicted molar refractivity (Wildman–Crippen MR) is 76.6 cm³/mol. The van der Waals surface area contributed by atoms with Crippen molar-refractivity contribution in [3.05, 3.63) is 35.9 Å². The second-order valence-corrected chi connectivity index (χ2v) is 4.87. The summed E-state index contributed by atoms with van der Waals surface area (Å²) in [4.78, 5) is 11.5. The number of hydrogen-bond donors (Lipinski definition) is 0. The highest BCUT2D eigenvalue weighted by Crippen LogP contribution is 2.13. The topological polar surface area (TPSA) is 54.0 Å². The van der Waals surface area contributed by atoms with Crippen molar-refractivity contribution in [1.29, 1.82) is 0 Å². The number of carbonyl (C=O) groups is 1. The summed E-state index contributed by atoms with van der Waals surface area (Å²) < 4.78 is 21.2. The van der Waals surface area contributed by atoms with Crippen molar-refractivity contribution in [2.75, 3.05) is 26.4 Å². The molecule has 1 aromatic rings. The molecule has 2 rings (SSSR count). The van der Waals surface area contributed by atoms with Gasteiger partial charge >= 0.3 is 5.97 Å². The average molecular weight is 294 g/mol. The van der Waals surface area contributed by atoms with E-state index in [2.05, 4.69) is 0 Å². The smallest absolute Gasteiger partial charge is 0.332 e. The maximum Gasteiger partial charge on any atom is 0.332 e. The summed E-state index contributed by atoms with van der Waals surface area (Å²) in [6.07, 6.45) is 3.05. The summed E-state index contributed by atoms with van der Waals surface area (Å²) in [7, 11) is 0. The monoisotopic (exact) mass is 294 g/mol. The number of esters is 1. The third-order valence-electron chi connectivity index (χ3n) is 3.13. The molecule has 1 aliphatic heterocycles.